The van der Waals surface area contributed by atoms with Crippen molar-refractivity contribution in [2.45, 2.75) is 34.1 Å². The molecule has 0 bridgehead atoms. The Labute approximate surface area is 178 Å². The van der Waals surface area contributed by atoms with E-state index in [1.807, 2.05) is 19.1 Å². The van der Waals surface area contributed by atoms with Crippen molar-refractivity contribution in [3.63, 3.8) is 0 Å². The summed E-state index contributed by atoms with van der Waals surface area (Å²) < 4.78 is 11.6. The lowest BCUT2D eigenvalue weighted by atomic mass is 9.97. The minimum Gasteiger partial charge on any atom is -0.493 e. The van der Waals surface area contributed by atoms with Crippen LogP contribution < -0.4 is 4.74 Å². The molecule has 1 N–H and O–H groups in total. The Kier molecular flexibility index (Phi) is 7.80. The smallest absolute Gasteiger partial charge is 0.340 e. The summed E-state index contributed by atoms with van der Waals surface area (Å²) in [5.74, 6) is -0.563. The van der Waals surface area contributed by atoms with Gasteiger partial charge in [-0.25, -0.2) is 4.79 Å². The van der Waals surface area contributed by atoms with Crippen LogP contribution in [0.5, 0.6) is 5.75 Å². The number of carbonyl (C=O) groups excluding carboxylic acids is 2. The monoisotopic (exact) mass is 458 g/mol. The summed E-state index contributed by atoms with van der Waals surface area (Å²) in [6.07, 6.45) is 2.31. The molecule has 1 aromatic carbocycles. The Morgan fingerprint density at radius 2 is 1.90 bits per heavy atom. The zero-order valence-electron chi connectivity index (χ0n) is 16.9. The fraction of sp³-hybridized carbons (Fsp3) is 0.318. The Morgan fingerprint density at radius 3 is 2.52 bits per heavy atom. The van der Waals surface area contributed by atoms with E-state index in [0.29, 0.717) is 29.3 Å². The highest BCUT2D eigenvalue weighted by atomic mass is 79.9. The number of aromatic amines is 1. The molecule has 0 fully saturated rings. The minimum atomic E-state index is -0.593. The lowest BCUT2D eigenvalue weighted by Gasteiger charge is -2.10. The van der Waals surface area contributed by atoms with Crippen molar-refractivity contribution in [1.82, 2.24) is 4.98 Å². The predicted octanol–water partition coefficient (Wildman–Crippen LogP) is 5.15. The van der Waals surface area contributed by atoms with E-state index < -0.39 is 11.8 Å². The van der Waals surface area contributed by atoms with Gasteiger partial charge in [-0.3, -0.25) is 4.79 Å². The van der Waals surface area contributed by atoms with Gasteiger partial charge >= 0.3 is 5.97 Å². The molecule has 0 aliphatic heterocycles. The summed E-state index contributed by atoms with van der Waals surface area (Å²) in [6, 6.07) is 7.34. The third kappa shape index (κ3) is 5.15. The first-order valence-corrected chi connectivity index (χ1v) is 10.1. The second kappa shape index (κ2) is 10.1. The molecule has 0 atom stereocenters. The summed E-state index contributed by atoms with van der Waals surface area (Å²) >= 11 is 3.40. The van der Waals surface area contributed by atoms with Crippen molar-refractivity contribution in [1.29, 1.82) is 5.26 Å². The van der Waals surface area contributed by atoms with Crippen LogP contribution in [0, 0.1) is 25.2 Å². The van der Waals surface area contributed by atoms with Crippen LogP contribution in [-0.2, 0) is 4.74 Å². The largest absolute Gasteiger partial charge is 0.493 e. The third-order valence-corrected chi connectivity index (χ3v) is 4.67. The average Bonchev–Trinajstić information content (AvgIpc) is 2.98. The van der Waals surface area contributed by atoms with Crippen LogP contribution in [0.25, 0.3) is 6.08 Å². The first-order chi connectivity index (χ1) is 13.8. The fourth-order valence-electron chi connectivity index (χ4n) is 2.94. The van der Waals surface area contributed by atoms with Gasteiger partial charge in [0.1, 0.15) is 17.4 Å². The molecule has 1 aromatic heterocycles. The summed E-state index contributed by atoms with van der Waals surface area (Å²) in [4.78, 5) is 28.5. The zero-order chi connectivity index (χ0) is 21.6. The maximum atomic E-state index is 13.2. The van der Waals surface area contributed by atoms with Gasteiger partial charge < -0.3 is 14.5 Å². The van der Waals surface area contributed by atoms with Crippen molar-refractivity contribution in [2.24, 2.45) is 0 Å². The second-order valence-corrected chi connectivity index (χ2v) is 7.29. The van der Waals surface area contributed by atoms with E-state index in [0.717, 1.165) is 10.9 Å². The van der Waals surface area contributed by atoms with Crippen molar-refractivity contribution in [3.05, 3.63) is 56.3 Å². The Balaban J connectivity index is 2.55. The summed E-state index contributed by atoms with van der Waals surface area (Å²) in [5, 5.41) is 9.67. The molecule has 7 heteroatoms. The van der Waals surface area contributed by atoms with Gasteiger partial charge in [0.2, 0.25) is 5.78 Å². The van der Waals surface area contributed by atoms with Gasteiger partial charge in [0, 0.05) is 21.4 Å². The fourth-order valence-corrected chi connectivity index (χ4v) is 3.32. The molecule has 0 saturated carbocycles. The topological polar surface area (TPSA) is 92.2 Å². The van der Waals surface area contributed by atoms with Gasteiger partial charge in [0.05, 0.1) is 24.3 Å². The van der Waals surface area contributed by atoms with Crippen LogP contribution >= 0.6 is 15.9 Å². The Bertz CT molecular complexity index is 999. The van der Waals surface area contributed by atoms with Gasteiger partial charge in [-0.1, -0.05) is 22.9 Å². The number of aromatic nitrogens is 1. The first kappa shape index (κ1) is 22.4. The minimum absolute atomic E-state index is 0.0999. The van der Waals surface area contributed by atoms with Crippen LogP contribution in [0.1, 0.15) is 57.9 Å². The maximum absolute atomic E-state index is 13.2. The molecule has 0 aliphatic carbocycles. The highest BCUT2D eigenvalue weighted by molar-refractivity contribution is 9.10. The van der Waals surface area contributed by atoms with Crippen LogP contribution in [-0.4, -0.2) is 30.0 Å². The zero-order valence-corrected chi connectivity index (χ0v) is 18.5. The standard InChI is InChI=1S/C22H23BrN2O4/c1-5-9-29-18-8-7-17(23)11-15(18)10-16(12-24)21(26)19-13(3)25-14(4)20(19)22(27)28-6-2/h7-8,10-11,25H,5-6,9H2,1-4H3. The predicted molar refractivity (Wildman–Crippen MR) is 114 cm³/mol. The lowest BCUT2D eigenvalue weighted by Crippen LogP contribution is -2.13. The lowest BCUT2D eigenvalue weighted by molar-refractivity contribution is 0.0523. The molecule has 0 spiro atoms. The number of rotatable bonds is 8. The number of hydrogen-bond acceptors (Lipinski definition) is 5. The number of ketones is 1. The number of Topliss-reactive ketones (excluding diaryl/α,β-unsaturated/α-hetero) is 1. The number of ether oxygens (including phenoxy) is 2. The van der Waals surface area contributed by atoms with Gasteiger partial charge in [-0.15, -0.1) is 0 Å². The first-order valence-electron chi connectivity index (χ1n) is 9.29. The SMILES string of the molecule is CCCOc1ccc(Br)cc1C=C(C#N)C(=O)c1c(C)[nH]c(C)c1C(=O)OCC. The van der Waals surface area contributed by atoms with Crippen LogP contribution in [0.15, 0.2) is 28.2 Å². The molecule has 29 heavy (non-hydrogen) atoms. The molecular weight excluding hydrogens is 436 g/mol. The second-order valence-electron chi connectivity index (χ2n) is 6.38. The van der Waals surface area contributed by atoms with Crippen LogP contribution in [0.4, 0.5) is 0 Å². The molecule has 0 aliphatic rings. The number of benzene rings is 1. The number of aryl methyl sites for hydroxylation is 2. The van der Waals surface area contributed by atoms with Gasteiger partial charge in [0.25, 0.3) is 0 Å². The van der Waals surface area contributed by atoms with E-state index in [4.69, 9.17) is 9.47 Å². The van der Waals surface area contributed by atoms with Gasteiger partial charge in [-0.05, 0) is 51.5 Å². The van der Waals surface area contributed by atoms with Gasteiger partial charge in [-0.2, -0.15) is 5.26 Å². The molecule has 0 amide bonds. The maximum Gasteiger partial charge on any atom is 0.340 e. The van der Waals surface area contributed by atoms with Gasteiger partial charge in [0.15, 0.2) is 0 Å². The molecule has 2 rings (SSSR count). The average molecular weight is 459 g/mol. The number of nitrogens with one attached hydrogen (secondary N) is 1. The van der Waals surface area contributed by atoms with Crippen molar-refractivity contribution in [3.8, 4) is 11.8 Å². The number of hydrogen-bond donors (Lipinski definition) is 1. The summed E-state index contributed by atoms with van der Waals surface area (Å²) in [7, 11) is 0. The number of halogens is 1. The molecule has 2 aromatic rings. The number of nitrogens with zero attached hydrogens (tertiary/aromatic N) is 1. The van der Waals surface area contributed by atoms with Crippen molar-refractivity contribution in [2.75, 3.05) is 13.2 Å². The molecular formula is C22H23BrN2O4. The summed E-state index contributed by atoms with van der Waals surface area (Å²) in [5.41, 5.74) is 1.84. The normalized spacial score (nSPS) is 11.1. The highest BCUT2D eigenvalue weighted by Gasteiger charge is 2.27. The van der Waals surface area contributed by atoms with Crippen LogP contribution in [0.3, 0.4) is 0 Å². The van der Waals surface area contributed by atoms with Crippen molar-refractivity contribution < 1.29 is 19.1 Å². The number of H-pyrrole nitrogens is 1. The number of nitriles is 1. The molecule has 1 heterocycles. The molecule has 6 nitrogen and oxygen atoms in total. The quantitative estimate of drug-likeness (QED) is 0.255. The van der Waals surface area contributed by atoms with E-state index >= 15 is 0 Å². The van der Waals surface area contributed by atoms with E-state index in [9.17, 15) is 14.9 Å². The molecule has 152 valence electrons. The van der Waals surface area contributed by atoms with E-state index in [1.165, 1.54) is 6.08 Å². The van der Waals surface area contributed by atoms with Crippen LogP contribution in [0.2, 0.25) is 0 Å². The summed E-state index contributed by atoms with van der Waals surface area (Å²) in [6.45, 7) is 7.77. The molecule has 0 unspecified atom stereocenters. The Morgan fingerprint density at radius 1 is 1.21 bits per heavy atom. The van der Waals surface area contributed by atoms with Crippen molar-refractivity contribution >= 4 is 33.8 Å². The number of esters is 1. The molecule has 0 radical (unpaired) electrons. The molecule has 0 saturated heterocycles. The third-order valence-electron chi connectivity index (χ3n) is 4.18. The number of carbonyl (C=O) groups is 2. The highest BCUT2D eigenvalue weighted by Crippen LogP contribution is 2.28. The van der Waals surface area contributed by atoms with E-state index in [2.05, 4.69) is 20.9 Å². The Hall–Kier alpha value is -2.85. The van der Waals surface area contributed by atoms with E-state index in [1.54, 1.807) is 32.9 Å². The number of allylic oxidation sites excluding steroid dienone is 1. The van der Waals surface area contributed by atoms with E-state index in [-0.39, 0.29) is 23.3 Å².